The Morgan fingerprint density at radius 1 is 0.955 bits per heavy atom. The molecule has 1 heteroatoms. The van der Waals surface area contributed by atoms with Crippen LogP contribution in [0.15, 0.2) is 0 Å². The Bertz CT molecular complexity index is 339. The van der Waals surface area contributed by atoms with Gasteiger partial charge < -0.3 is 0 Å². The molecule has 0 bridgehead atoms. The highest BCUT2D eigenvalue weighted by Gasteiger charge is 2.41. The Hall–Kier alpha value is -0.510. The van der Waals surface area contributed by atoms with Crippen LogP contribution in [-0.4, -0.2) is 0 Å². The first-order chi connectivity index (χ1) is 10.7. The van der Waals surface area contributed by atoms with Crippen molar-refractivity contribution in [1.82, 2.24) is 0 Å². The Labute approximate surface area is 138 Å². The molecule has 0 aromatic rings. The first-order valence-electron chi connectivity index (χ1n) is 10.1. The number of rotatable bonds is 7. The molecule has 126 valence electrons. The lowest BCUT2D eigenvalue weighted by atomic mass is 9.61. The van der Waals surface area contributed by atoms with E-state index < -0.39 is 0 Å². The molecule has 0 aromatic carbocycles. The molecule has 22 heavy (non-hydrogen) atoms. The lowest BCUT2D eigenvalue weighted by Crippen LogP contribution is -2.34. The van der Waals surface area contributed by atoms with Gasteiger partial charge in [0.1, 0.15) is 0 Å². The zero-order chi connectivity index (χ0) is 15.8. The molecule has 0 heterocycles. The third-order valence-electron chi connectivity index (χ3n) is 6.90. The van der Waals surface area contributed by atoms with E-state index in [0.29, 0.717) is 5.92 Å². The van der Waals surface area contributed by atoms with Gasteiger partial charge in [-0.2, -0.15) is 5.26 Å². The van der Waals surface area contributed by atoms with E-state index in [1.165, 1.54) is 89.9 Å². The molecule has 0 radical (unpaired) electrons. The SMILES string of the molecule is CCCCCCC(C)C1(C#N)CCC(C2CCCCC2)CC1. The Morgan fingerprint density at radius 2 is 1.59 bits per heavy atom. The van der Waals surface area contributed by atoms with Crippen molar-refractivity contribution in [2.24, 2.45) is 23.2 Å². The summed E-state index contributed by atoms with van der Waals surface area (Å²) in [5, 5.41) is 9.86. The fraction of sp³-hybridized carbons (Fsp3) is 0.952. The quantitative estimate of drug-likeness (QED) is 0.470. The average Bonchev–Trinajstić information content (AvgIpc) is 2.59. The molecule has 2 rings (SSSR count). The minimum Gasteiger partial charge on any atom is -0.198 e. The van der Waals surface area contributed by atoms with Crippen LogP contribution in [0.5, 0.6) is 0 Å². The zero-order valence-corrected chi connectivity index (χ0v) is 15.1. The van der Waals surface area contributed by atoms with Gasteiger partial charge in [0.15, 0.2) is 0 Å². The summed E-state index contributed by atoms with van der Waals surface area (Å²) in [6, 6.07) is 2.78. The van der Waals surface area contributed by atoms with Crippen LogP contribution in [-0.2, 0) is 0 Å². The van der Waals surface area contributed by atoms with Crippen LogP contribution in [0.2, 0.25) is 0 Å². The van der Waals surface area contributed by atoms with E-state index in [1.54, 1.807) is 0 Å². The molecule has 0 aliphatic heterocycles. The summed E-state index contributed by atoms with van der Waals surface area (Å²) >= 11 is 0. The number of hydrogen-bond donors (Lipinski definition) is 0. The molecule has 2 aliphatic rings. The van der Waals surface area contributed by atoms with Gasteiger partial charge in [-0.25, -0.2) is 0 Å². The predicted molar refractivity (Wildman–Crippen MR) is 94.5 cm³/mol. The Balaban J connectivity index is 1.81. The fourth-order valence-corrected chi connectivity index (χ4v) is 5.10. The van der Waals surface area contributed by atoms with Gasteiger partial charge in [0.25, 0.3) is 0 Å². The van der Waals surface area contributed by atoms with E-state index in [1.807, 2.05) is 0 Å². The van der Waals surface area contributed by atoms with E-state index in [2.05, 4.69) is 19.9 Å². The van der Waals surface area contributed by atoms with E-state index in [4.69, 9.17) is 0 Å². The van der Waals surface area contributed by atoms with Crippen LogP contribution in [0.3, 0.4) is 0 Å². The van der Waals surface area contributed by atoms with Crippen molar-refractivity contribution in [2.45, 2.75) is 104 Å². The van der Waals surface area contributed by atoms with Crippen molar-refractivity contribution < 1.29 is 0 Å². The molecular weight excluding hydrogens is 266 g/mol. The van der Waals surface area contributed by atoms with Gasteiger partial charge in [-0.1, -0.05) is 71.6 Å². The topological polar surface area (TPSA) is 23.8 Å². The zero-order valence-electron chi connectivity index (χ0n) is 15.1. The minimum atomic E-state index is 0.0113. The number of nitrogens with zero attached hydrogens (tertiary/aromatic N) is 1. The maximum Gasteiger partial charge on any atom is 0.0692 e. The van der Waals surface area contributed by atoms with Gasteiger partial charge in [0.2, 0.25) is 0 Å². The first kappa shape index (κ1) is 17.8. The monoisotopic (exact) mass is 303 g/mol. The number of hydrogen-bond acceptors (Lipinski definition) is 1. The molecule has 2 saturated carbocycles. The lowest BCUT2D eigenvalue weighted by Gasteiger charge is -2.42. The maximum atomic E-state index is 9.86. The van der Waals surface area contributed by atoms with Gasteiger partial charge in [0, 0.05) is 0 Å². The third kappa shape index (κ3) is 4.50. The molecule has 0 saturated heterocycles. The second kappa shape index (κ2) is 8.95. The van der Waals surface area contributed by atoms with Crippen LogP contribution in [0, 0.1) is 34.5 Å². The first-order valence-corrected chi connectivity index (χ1v) is 10.1. The van der Waals surface area contributed by atoms with Crippen LogP contribution < -0.4 is 0 Å². The molecule has 0 amide bonds. The van der Waals surface area contributed by atoms with Crippen LogP contribution in [0.4, 0.5) is 0 Å². The van der Waals surface area contributed by atoms with Crippen molar-refractivity contribution in [2.75, 3.05) is 0 Å². The maximum absolute atomic E-state index is 9.86. The Kier molecular flexibility index (Phi) is 7.26. The molecule has 1 nitrogen and oxygen atoms in total. The second-order valence-electron chi connectivity index (χ2n) is 8.25. The number of nitriles is 1. The normalized spacial score (nSPS) is 31.6. The smallest absolute Gasteiger partial charge is 0.0692 e. The summed E-state index contributed by atoms with van der Waals surface area (Å²) < 4.78 is 0. The molecule has 0 aromatic heterocycles. The lowest BCUT2D eigenvalue weighted by molar-refractivity contribution is 0.0953. The van der Waals surface area contributed by atoms with Crippen LogP contribution >= 0.6 is 0 Å². The van der Waals surface area contributed by atoms with E-state index in [0.717, 1.165) is 11.8 Å². The highest BCUT2D eigenvalue weighted by Crippen LogP contribution is 2.49. The molecule has 1 unspecified atom stereocenters. The second-order valence-corrected chi connectivity index (χ2v) is 8.25. The summed E-state index contributed by atoms with van der Waals surface area (Å²) in [5.74, 6) is 2.53. The minimum absolute atomic E-state index is 0.0113. The summed E-state index contributed by atoms with van der Waals surface area (Å²) in [7, 11) is 0. The van der Waals surface area contributed by atoms with E-state index in [9.17, 15) is 5.26 Å². The third-order valence-corrected chi connectivity index (χ3v) is 6.90. The molecular formula is C21H37N. The highest BCUT2D eigenvalue weighted by molar-refractivity contribution is 5.04. The Morgan fingerprint density at radius 3 is 2.18 bits per heavy atom. The van der Waals surface area contributed by atoms with Crippen LogP contribution in [0.25, 0.3) is 0 Å². The largest absolute Gasteiger partial charge is 0.198 e. The molecule has 0 N–H and O–H groups in total. The van der Waals surface area contributed by atoms with Gasteiger partial charge in [-0.3, -0.25) is 0 Å². The standard InChI is InChI=1S/C21H37N/c1-3-4-5-7-10-18(2)21(17-22)15-13-20(14-16-21)19-11-8-6-9-12-19/h18-20H,3-16H2,1-2H3. The fourth-order valence-electron chi connectivity index (χ4n) is 5.10. The van der Waals surface area contributed by atoms with Gasteiger partial charge in [-0.05, 0) is 49.9 Å². The number of unbranched alkanes of at least 4 members (excludes halogenated alkanes) is 3. The van der Waals surface area contributed by atoms with Crippen molar-refractivity contribution in [1.29, 1.82) is 5.26 Å². The van der Waals surface area contributed by atoms with E-state index in [-0.39, 0.29) is 5.41 Å². The van der Waals surface area contributed by atoms with Crippen LogP contribution in [0.1, 0.15) is 104 Å². The summed E-state index contributed by atoms with van der Waals surface area (Å²) in [6.07, 6.45) is 18.9. The predicted octanol–water partition coefficient (Wildman–Crippen LogP) is 6.87. The van der Waals surface area contributed by atoms with Crippen molar-refractivity contribution in [3.8, 4) is 6.07 Å². The molecule has 2 fully saturated rings. The van der Waals surface area contributed by atoms with Crippen molar-refractivity contribution >= 4 is 0 Å². The van der Waals surface area contributed by atoms with Crippen molar-refractivity contribution in [3.63, 3.8) is 0 Å². The average molecular weight is 304 g/mol. The van der Waals surface area contributed by atoms with E-state index >= 15 is 0 Å². The summed E-state index contributed by atoms with van der Waals surface area (Å²) in [6.45, 7) is 4.63. The molecule has 2 aliphatic carbocycles. The summed E-state index contributed by atoms with van der Waals surface area (Å²) in [5.41, 5.74) is 0.0113. The van der Waals surface area contributed by atoms with Crippen molar-refractivity contribution in [3.05, 3.63) is 0 Å². The van der Waals surface area contributed by atoms with Gasteiger partial charge in [-0.15, -0.1) is 0 Å². The molecule has 0 spiro atoms. The van der Waals surface area contributed by atoms with Gasteiger partial charge >= 0.3 is 0 Å². The highest BCUT2D eigenvalue weighted by atomic mass is 14.5. The summed E-state index contributed by atoms with van der Waals surface area (Å²) in [4.78, 5) is 0. The van der Waals surface area contributed by atoms with Gasteiger partial charge in [0.05, 0.1) is 11.5 Å². The molecule has 1 atom stereocenters.